The van der Waals surface area contributed by atoms with Crippen LogP contribution in [0, 0.1) is 0 Å². The third kappa shape index (κ3) is 2.92. The summed E-state index contributed by atoms with van der Waals surface area (Å²) in [6.45, 7) is 4.74. The van der Waals surface area contributed by atoms with Crippen LogP contribution in [-0.2, 0) is 9.59 Å². The third-order valence-electron chi connectivity index (χ3n) is 4.56. The Morgan fingerprint density at radius 2 is 1.71 bits per heavy atom. The van der Waals surface area contributed by atoms with Crippen molar-refractivity contribution < 1.29 is 9.59 Å². The summed E-state index contributed by atoms with van der Waals surface area (Å²) in [5.41, 5.74) is 3.03. The Morgan fingerprint density at radius 1 is 1.04 bits per heavy atom. The lowest BCUT2D eigenvalue weighted by molar-refractivity contribution is -0.140. The van der Waals surface area contributed by atoms with Crippen molar-refractivity contribution in [2.75, 3.05) is 18.0 Å². The summed E-state index contributed by atoms with van der Waals surface area (Å²) in [6, 6.07) is 17.6. The minimum Gasteiger partial charge on any atom is -0.329 e. The molecule has 124 valence electrons. The van der Waals surface area contributed by atoms with Gasteiger partial charge in [-0.15, -0.1) is 0 Å². The SMILES string of the molecule is CCC(=O)N1CCN(c2ccccc2-c2ccccc2)C(=O)[C@H]1C. The fourth-order valence-electron chi connectivity index (χ4n) is 3.22. The van der Waals surface area contributed by atoms with Crippen molar-refractivity contribution in [1.82, 2.24) is 4.90 Å². The van der Waals surface area contributed by atoms with E-state index >= 15 is 0 Å². The van der Waals surface area contributed by atoms with Crippen LogP contribution < -0.4 is 4.90 Å². The lowest BCUT2D eigenvalue weighted by Gasteiger charge is -2.39. The van der Waals surface area contributed by atoms with Crippen LogP contribution in [-0.4, -0.2) is 35.8 Å². The van der Waals surface area contributed by atoms with Gasteiger partial charge in [0.25, 0.3) is 0 Å². The molecule has 2 aromatic carbocycles. The van der Waals surface area contributed by atoms with Crippen LogP contribution in [0.4, 0.5) is 5.69 Å². The van der Waals surface area contributed by atoms with Gasteiger partial charge in [0.1, 0.15) is 6.04 Å². The molecule has 4 nitrogen and oxygen atoms in total. The fraction of sp³-hybridized carbons (Fsp3) is 0.300. The third-order valence-corrected chi connectivity index (χ3v) is 4.56. The molecule has 2 aromatic rings. The van der Waals surface area contributed by atoms with Gasteiger partial charge in [-0.3, -0.25) is 9.59 Å². The molecule has 0 aliphatic carbocycles. The zero-order chi connectivity index (χ0) is 17.1. The summed E-state index contributed by atoms with van der Waals surface area (Å²) in [5.74, 6) is 0.0123. The van der Waals surface area contributed by atoms with Crippen LogP contribution in [0.1, 0.15) is 20.3 Å². The van der Waals surface area contributed by atoms with Crippen molar-refractivity contribution in [3.63, 3.8) is 0 Å². The molecule has 0 aromatic heterocycles. The van der Waals surface area contributed by atoms with Crippen LogP contribution in [0.5, 0.6) is 0 Å². The summed E-state index contributed by atoms with van der Waals surface area (Å²) in [4.78, 5) is 28.4. The summed E-state index contributed by atoms with van der Waals surface area (Å²) >= 11 is 0. The van der Waals surface area contributed by atoms with Crippen molar-refractivity contribution in [3.05, 3.63) is 54.6 Å². The van der Waals surface area contributed by atoms with Gasteiger partial charge in [0.05, 0.1) is 5.69 Å². The van der Waals surface area contributed by atoms with E-state index < -0.39 is 6.04 Å². The Balaban J connectivity index is 1.94. The van der Waals surface area contributed by atoms with Gasteiger partial charge in [0, 0.05) is 25.1 Å². The van der Waals surface area contributed by atoms with E-state index in [1.807, 2.05) is 73.3 Å². The molecule has 1 fully saturated rings. The van der Waals surface area contributed by atoms with Crippen LogP contribution in [0.15, 0.2) is 54.6 Å². The monoisotopic (exact) mass is 322 g/mol. The largest absolute Gasteiger partial charge is 0.329 e. The quantitative estimate of drug-likeness (QED) is 0.870. The Labute approximate surface area is 142 Å². The lowest BCUT2D eigenvalue weighted by atomic mass is 10.0. The molecule has 1 aliphatic heterocycles. The topological polar surface area (TPSA) is 40.6 Å². The molecule has 0 radical (unpaired) electrons. The van der Waals surface area contributed by atoms with Gasteiger partial charge >= 0.3 is 0 Å². The highest BCUT2D eigenvalue weighted by Crippen LogP contribution is 2.32. The molecule has 0 N–H and O–H groups in total. The van der Waals surface area contributed by atoms with E-state index in [4.69, 9.17) is 0 Å². The fourth-order valence-corrected chi connectivity index (χ4v) is 3.22. The number of amides is 2. The number of carbonyl (C=O) groups is 2. The predicted octanol–water partition coefficient (Wildman–Crippen LogP) is 3.33. The number of para-hydroxylation sites is 1. The van der Waals surface area contributed by atoms with Gasteiger partial charge < -0.3 is 9.80 Å². The molecule has 1 atom stereocenters. The van der Waals surface area contributed by atoms with Crippen molar-refractivity contribution in [2.45, 2.75) is 26.3 Å². The number of anilines is 1. The molecular formula is C20H22N2O2. The Bertz CT molecular complexity index is 742. The van der Waals surface area contributed by atoms with Gasteiger partial charge in [-0.2, -0.15) is 0 Å². The number of benzene rings is 2. The summed E-state index contributed by atoms with van der Waals surface area (Å²) in [7, 11) is 0. The number of piperazine rings is 1. The lowest BCUT2D eigenvalue weighted by Crippen LogP contribution is -2.57. The average Bonchev–Trinajstić information content (AvgIpc) is 2.64. The van der Waals surface area contributed by atoms with E-state index in [0.29, 0.717) is 19.5 Å². The van der Waals surface area contributed by atoms with Crippen molar-refractivity contribution in [3.8, 4) is 11.1 Å². The zero-order valence-corrected chi connectivity index (χ0v) is 14.1. The summed E-state index contributed by atoms with van der Waals surface area (Å²) < 4.78 is 0. The molecule has 1 saturated heterocycles. The van der Waals surface area contributed by atoms with E-state index in [-0.39, 0.29) is 11.8 Å². The van der Waals surface area contributed by atoms with E-state index in [1.54, 1.807) is 4.90 Å². The van der Waals surface area contributed by atoms with Crippen LogP contribution in [0.3, 0.4) is 0 Å². The molecule has 1 aliphatic rings. The maximum absolute atomic E-state index is 12.9. The Kier molecular flexibility index (Phi) is 4.65. The normalized spacial score (nSPS) is 17.9. The van der Waals surface area contributed by atoms with Crippen molar-refractivity contribution >= 4 is 17.5 Å². The van der Waals surface area contributed by atoms with E-state index in [1.165, 1.54) is 0 Å². The van der Waals surface area contributed by atoms with Gasteiger partial charge in [-0.05, 0) is 18.6 Å². The Morgan fingerprint density at radius 3 is 2.42 bits per heavy atom. The Hall–Kier alpha value is -2.62. The first kappa shape index (κ1) is 16.2. The highest BCUT2D eigenvalue weighted by Gasteiger charge is 2.35. The number of nitrogens with zero attached hydrogens (tertiary/aromatic N) is 2. The first-order chi connectivity index (χ1) is 11.6. The summed E-state index contributed by atoms with van der Waals surface area (Å²) in [5, 5.41) is 0. The smallest absolute Gasteiger partial charge is 0.249 e. The van der Waals surface area contributed by atoms with Crippen molar-refractivity contribution in [2.24, 2.45) is 0 Å². The van der Waals surface area contributed by atoms with Gasteiger partial charge in [0.2, 0.25) is 11.8 Å². The number of carbonyl (C=O) groups excluding carboxylic acids is 2. The molecule has 2 amide bonds. The van der Waals surface area contributed by atoms with E-state index in [9.17, 15) is 9.59 Å². The highest BCUT2D eigenvalue weighted by atomic mass is 16.2. The molecule has 1 heterocycles. The minimum atomic E-state index is -0.421. The van der Waals surface area contributed by atoms with E-state index in [0.717, 1.165) is 16.8 Å². The van der Waals surface area contributed by atoms with E-state index in [2.05, 4.69) is 0 Å². The molecule has 3 rings (SSSR count). The molecule has 24 heavy (non-hydrogen) atoms. The minimum absolute atomic E-state index is 0.0218. The standard InChI is InChI=1S/C20H22N2O2/c1-3-19(23)21-13-14-22(20(24)15(21)2)18-12-8-7-11-17(18)16-9-5-4-6-10-16/h4-12,15H,3,13-14H2,1-2H3/t15-/m1/s1. The van der Waals surface area contributed by atoms with Gasteiger partial charge in [-0.1, -0.05) is 55.5 Å². The maximum Gasteiger partial charge on any atom is 0.249 e. The first-order valence-corrected chi connectivity index (χ1v) is 8.38. The molecule has 0 spiro atoms. The average molecular weight is 322 g/mol. The molecule has 0 unspecified atom stereocenters. The van der Waals surface area contributed by atoms with Crippen LogP contribution in [0.25, 0.3) is 11.1 Å². The second-order valence-corrected chi connectivity index (χ2v) is 5.99. The maximum atomic E-state index is 12.9. The second-order valence-electron chi connectivity index (χ2n) is 5.99. The molecule has 4 heteroatoms. The zero-order valence-electron chi connectivity index (χ0n) is 14.1. The first-order valence-electron chi connectivity index (χ1n) is 8.38. The number of rotatable bonds is 3. The van der Waals surface area contributed by atoms with Crippen LogP contribution in [0.2, 0.25) is 0 Å². The molecule has 0 bridgehead atoms. The van der Waals surface area contributed by atoms with Gasteiger partial charge in [0.15, 0.2) is 0 Å². The van der Waals surface area contributed by atoms with Gasteiger partial charge in [-0.25, -0.2) is 0 Å². The highest BCUT2D eigenvalue weighted by molar-refractivity contribution is 6.02. The molecule has 0 saturated carbocycles. The summed E-state index contributed by atoms with van der Waals surface area (Å²) in [6.07, 6.45) is 0.429. The van der Waals surface area contributed by atoms with Crippen LogP contribution >= 0.6 is 0 Å². The van der Waals surface area contributed by atoms with Crippen molar-refractivity contribution in [1.29, 1.82) is 0 Å². The number of hydrogen-bond acceptors (Lipinski definition) is 2. The predicted molar refractivity (Wildman–Crippen MR) is 95.7 cm³/mol. The number of hydrogen-bond donors (Lipinski definition) is 0. The second kappa shape index (κ2) is 6.87. The molecular weight excluding hydrogens is 300 g/mol.